The fraction of sp³-hybridized carbons (Fsp3) is 0.586. The number of nitrogens with one attached hydrogen (secondary N) is 3. The summed E-state index contributed by atoms with van der Waals surface area (Å²) in [6, 6.07) is 6.10. The lowest BCUT2D eigenvalue weighted by molar-refractivity contribution is -0.144. The summed E-state index contributed by atoms with van der Waals surface area (Å²) in [4.78, 5) is 47.1. The van der Waals surface area contributed by atoms with E-state index in [4.69, 9.17) is 0 Å². The third kappa shape index (κ3) is 6.85. The lowest BCUT2D eigenvalue weighted by Crippen LogP contribution is -2.58. The number of hydrogen-bond donors (Lipinski definition) is 4. The molecule has 0 radical (unpaired) electrons. The standard InChI is InChI=1S/C29H41N5O4S/c1-17(19-6-8-20(9-7-19)24-18(2)31-16-39-24)32-27(37)23-14-22(35)15-34(23)28(38)25(29(3,4)5)33-26(36)21-10-12-30-13-11-21/h6-9,16-17,21-23,25,30,35H,10-15H2,1-5H3,(H,32,37)(H,33,36)/t17?,22-,23+,25?/m1/s1. The van der Waals surface area contributed by atoms with Gasteiger partial charge in [0.25, 0.3) is 0 Å². The first-order valence-corrected chi connectivity index (χ1v) is 14.6. The van der Waals surface area contributed by atoms with Gasteiger partial charge in [0.05, 0.1) is 28.2 Å². The molecule has 1 aromatic heterocycles. The number of nitrogens with zero attached hydrogens (tertiary/aromatic N) is 2. The Morgan fingerprint density at radius 2 is 1.77 bits per heavy atom. The molecular weight excluding hydrogens is 514 g/mol. The first kappa shape index (κ1) is 29.2. The second-order valence-electron chi connectivity index (χ2n) is 11.8. The van der Waals surface area contributed by atoms with Crippen molar-refractivity contribution in [3.63, 3.8) is 0 Å². The maximum absolute atomic E-state index is 13.8. The van der Waals surface area contributed by atoms with Crippen molar-refractivity contribution in [2.75, 3.05) is 19.6 Å². The number of likely N-dealkylation sites (tertiary alicyclic amines) is 1. The summed E-state index contributed by atoms with van der Waals surface area (Å²) in [5.74, 6) is -0.916. The maximum Gasteiger partial charge on any atom is 0.246 e. The number of aryl methyl sites for hydroxylation is 1. The van der Waals surface area contributed by atoms with Crippen molar-refractivity contribution < 1.29 is 19.5 Å². The summed E-state index contributed by atoms with van der Waals surface area (Å²) in [6.07, 6.45) is 0.815. The molecule has 0 bridgehead atoms. The van der Waals surface area contributed by atoms with E-state index in [1.54, 1.807) is 11.3 Å². The third-order valence-corrected chi connectivity index (χ3v) is 8.73. The molecule has 1 aromatic carbocycles. The second-order valence-corrected chi connectivity index (χ2v) is 12.7. The van der Waals surface area contributed by atoms with Gasteiger partial charge in [-0.15, -0.1) is 11.3 Å². The van der Waals surface area contributed by atoms with E-state index >= 15 is 0 Å². The summed E-state index contributed by atoms with van der Waals surface area (Å²) < 4.78 is 0. The highest BCUT2D eigenvalue weighted by atomic mass is 32.1. The number of aliphatic hydroxyl groups excluding tert-OH is 1. The summed E-state index contributed by atoms with van der Waals surface area (Å²) in [6.45, 7) is 11.2. The molecule has 0 saturated carbocycles. The largest absolute Gasteiger partial charge is 0.391 e. The molecule has 2 unspecified atom stereocenters. The molecule has 2 fully saturated rings. The van der Waals surface area contributed by atoms with Gasteiger partial charge in [-0.2, -0.15) is 0 Å². The minimum absolute atomic E-state index is 0.0595. The number of piperidine rings is 1. The zero-order valence-corrected chi connectivity index (χ0v) is 24.3. The van der Waals surface area contributed by atoms with Gasteiger partial charge in [0.1, 0.15) is 12.1 Å². The van der Waals surface area contributed by atoms with Crippen LogP contribution in [0.25, 0.3) is 10.4 Å². The fourth-order valence-electron chi connectivity index (χ4n) is 5.36. The van der Waals surface area contributed by atoms with Crippen LogP contribution in [0.1, 0.15) is 64.3 Å². The Balaban J connectivity index is 1.44. The fourth-order valence-corrected chi connectivity index (χ4v) is 6.17. The monoisotopic (exact) mass is 555 g/mol. The zero-order chi connectivity index (χ0) is 28.3. The topological polar surface area (TPSA) is 124 Å². The van der Waals surface area contributed by atoms with Gasteiger partial charge in [-0.1, -0.05) is 45.0 Å². The number of benzene rings is 1. The molecule has 0 aliphatic carbocycles. The first-order chi connectivity index (χ1) is 18.5. The van der Waals surface area contributed by atoms with Gasteiger partial charge in [0.2, 0.25) is 17.7 Å². The predicted molar refractivity (Wildman–Crippen MR) is 152 cm³/mol. The lowest BCUT2D eigenvalue weighted by Gasteiger charge is -2.36. The zero-order valence-electron chi connectivity index (χ0n) is 23.5. The van der Waals surface area contributed by atoms with Gasteiger partial charge in [-0.3, -0.25) is 14.4 Å². The van der Waals surface area contributed by atoms with Gasteiger partial charge in [0.15, 0.2) is 0 Å². The van der Waals surface area contributed by atoms with Crippen molar-refractivity contribution in [3.05, 3.63) is 41.0 Å². The Labute approximate surface area is 234 Å². The van der Waals surface area contributed by atoms with Crippen molar-refractivity contribution in [2.45, 2.75) is 78.1 Å². The third-order valence-electron chi connectivity index (χ3n) is 7.75. The summed E-state index contributed by atoms with van der Waals surface area (Å²) in [7, 11) is 0. The first-order valence-electron chi connectivity index (χ1n) is 13.8. The van der Waals surface area contributed by atoms with Gasteiger partial charge < -0.3 is 26.0 Å². The molecule has 4 atom stereocenters. The summed E-state index contributed by atoms with van der Waals surface area (Å²) in [5, 5.41) is 19.7. The number of β-amino-alcohol motifs (C(OH)–C–C–N with tert-alkyl or cyclic N) is 1. The van der Waals surface area contributed by atoms with Crippen molar-refractivity contribution in [2.24, 2.45) is 11.3 Å². The Bertz CT molecular complexity index is 1170. The van der Waals surface area contributed by atoms with Gasteiger partial charge >= 0.3 is 0 Å². The number of aliphatic hydroxyl groups is 1. The van der Waals surface area contributed by atoms with E-state index in [1.807, 2.05) is 64.4 Å². The molecule has 10 heteroatoms. The smallest absolute Gasteiger partial charge is 0.246 e. The van der Waals surface area contributed by atoms with E-state index in [0.29, 0.717) is 0 Å². The van der Waals surface area contributed by atoms with Gasteiger partial charge in [-0.25, -0.2) is 4.98 Å². The van der Waals surface area contributed by atoms with Crippen molar-refractivity contribution >= 4 is 29.1 Å². The Kier molecular flexibility index (Phi) is 9.08. The van der Waals surface area contributed by atoms with Crippen LogP contribution in [0.3, 0.4) is 0 Å². The molecule has 4 rings (SSSR count). The average molecular weight is 556 g/mol. The van der Waals surface area contributed by atoms with E-state index in [-0.39, 0.29) is 42.6 Å². The van der Waals surface area contributed by atoms with Crippen LogP contribution in [0.4, 0.5) is 0 Å². The quantitative estimate of drug-likeness (QED) is 0.417. The molecule has 4 N–H and O–H groups in total. The Morgan fingerprint density at radius 3 is 2.36 bits per heavy atom. The van der Waals surface area contributed by atoms with Crippen LogP contribution in [0.15, 0.2) is 29.8 Å². The van der Waals surface area contributed by atoms with E-state index < -0.39 is 23.6 Å². The maximum atomic E-state index is 13.8. The van der Waals surface area contributed by atoms with Crippen LogP contribution in [0.5, 0.6) is 0 Å². The number of hydrogen-bond acceptors (Lipinski definition) is 7. The normalized spacial score (nSPS) is 21.8. The van der Waals surface area contributed by atoms with Crippen LogP contribution in [-0.4, -0.2) is 70.5 Å². The van der Waals surface area contributed by atoms with Crippen LogP contribution >= 0.6 is 11.3 Å². The number of carbonyl (C=O) groups is 3. The average Bonchev–Trinajstić information content (AvgIpc) is 3.52. The number of aromatic nitrogens is 1. The molecule has 0 spiro atoms. The Morgan fingerprint density at radius 1 is 1.10 bits per heavy atom. The SMILES string of the molecule is Cc1ncsc1-c1ccc(C(C)NC(=O)[C@@H]2C[C@@H](O)CN2C(=O)C(NC(=O)C2CCNCC2)C(C)(C)C)cc1. The summed E-state index contributed by atoms with van der Waals surface area (Å²) in [5.41, 5.74) is 4.26. The van der Waals surface area contributed by atoms with Crippen LogP contribution in [0.2, 0.25) is 0 Å². The van der Waals surface area contributed by atoms with E-state index in [2.05, 4.69) is 20.9 Å². The molecule has 212 valence electrons. The minimum atomic E-state index is -0.810. The lowest BCUT2D eigenvalue weighted by atomic mass is 9.84. The second kappa shape index (κ2) is 12.1. The highest BCUT2D eigenvalue weighted by Crippen LogP contribution is 2.30. The molecule has 3 amide bonds. The predicted octanol–water partition coefficient (Wildman–Crippen LogP) is 2.79. The Hall–Kier alpha value is -2.82. The van der Waals surface area contributed by atoms with Crippen molar-refractivity contribution in [1.29, 1.82) is 0 Å². The molecule has 2 saturated heterocycles. The van der Waals surface area contributed by atoms with Crippen LogP contribution in [-0.2, 0) is 14.4 Å². The van der Waals surface area contributed by atoms with Crippen molar-refractivity contribution in [1.82, 2.24) is 25.8 Å². The van der Waals surface area contributed by atoms with E-state index in [1.165, 1.54) is 4.90 Å². The van der Waals surface area contributed by atoms with E-state index in [0.717, 1.165) is 47.6 Å². The molecule has 39 heavy (non-hydrogen) atoms. The number of carbonyl (C=O) groups excluding carboxylic acids is 3. The van der Waals surface area contributed by atoms with Crippen LogP contribution in [0, 0.1) is 18.3 Å². The van der Waals surface area contributed by atoms with E-state index in [9.17, 15) is 19.5 Å². The van der Waals surface area contributed by atoms with Crippen LogP contribution < -0.4 is 16.0 Å². The summed E-state index contributed by atoms with van der Waals surface area (Å²) >= 11 is 1.59. The number of thiazole rings is 1. The van der Waals surface area contributed by atoms with Crippen molar-refractivity contribution in [3.8, 4) is 10.4 Å². The molecule has 2 aliphatic heterocycles. The molecule has 3 heterocycles. The highest BCUT2D eigenvalue weighted by Gasteiger charge is 2.45. The molecular formula is C29H41N5O4S. The van der Waals surface area contributed by atoms with Gasteiger partial charge in [-0.05, 0) is 56.3 Å². The molecule has 2 aliphatic rings. The number of rotatable bonds is 7. The highest BCUT2D eigenvalue weighted by molar-refractivity contribution is 7.13. The number of amides is 3. The molecule has 9 nitrogen and oxygen atoms in total. The minimum Gasteiger partial charge on any atom is -0.391 e. The van der Waals surface area contributed by atoms with Gasteiger partial charge in [0, 0.05) is 18.9 Å². The molecule has 2 aromatic rings.